The van der Waals surface area contributed by atoms with Crippen LogP contribution in [-0.4, -0.2) is 22.8 Å². The molecule has 21 heavy (non-hydrogen) atoms. The van der Waals surface area contributed by atoms with Crippen LogP contribution in [0.25, 0.3) is 0 Å². The Morgan fingerprint density at radius 3 is 2.81 bits per heavy atom. The Labute approximate surface area is 122 Å². The summed E-state index contributed by atoms with van der Waals surface area (Å²) in [6.07, 6.45) is 0. The van der Waals surface area contributed by atoms with E-state index in [-0.39, 0.29) is 18.0 Å². The molecule has 0 saturated carbocycles. The largest absolute Gasteiger partial charge is 0.496 e. The lowest BCUT2D eigenvalue weighted by Gasteiger charge is -2.10. The zero-order valence-corrected chi connectivity index (χ0v) is 12.0. The second-order valence-corrected chi connectivity index (χ2v) is 4.56. The summed E-state index contributed by atoms with van der Waals surface area (Å²) in [4.78, 5) is 23.5. The highest BCUT2D eigenvalue weighted by atomic mass is 16.5. The summed E-state index contributed by atoms with van der Waals surface area (Å²) in [5.74, 6) is 0.435. The van der Waals surface area contributed by atoms with E-state index in [0.29, 0.717) is 18.0 Å². The van der Waals surface area contributed by atoms with Gasteiger partial charge in [-0.05, 0) is 19.1 Å². The monoisotopic (exact) mass is 287 g/mol. The highest BCUT2D eigenvalue weighted by Gasteiger charge is 2.07. The van der Waals surface area contributed by atoms with Gasteiger partial charge in [0, 0.05) is 18.2 Å². The molecule has 1 amide bonds. The van der Waals surface area contributed by atoms with Crippen molar-refractivity contribution in [3.8, 4) is 5.75 Å². The number of carbonyl (C=O) groups is 1. The normalized spacial score (nSPS) is 10.2. The molecule has 2 rings (SSSR count). The van der Waals surface area contributed by atoms with Crippen LogP contribution in [0.4, 0.5) is 0 Å². The van der Waals surface area contributed by atoms with Crippen molar-refractivity contribution in [2.24, 2.45) is 0 Å². The number of ether oxygens (including phenoxy) is 1. The molecule has 0 radical (unpaired) electrons. The van der Waals surface area contributed by atoms with Crippen LogP contribution < -0.4 is 15.6 Å². The van der Waals surface area contributed by atoms with Crippen LogP contribution >= 0.6 is 0 Å². The van der Waals surface area contributed by atoms with Crippen LogP contribution in [0, 0.1) is 6.92 Å². The van der Waals surface area contributed by atoms with Gasteiger partial charge in [0.2, 0.25) is 5.91 Å². The first kappa shape index (κ1) is 14.8. The number of hydrogen-bond donors (Lipinski definition) is 1. The molecule has 0 aliphatic rings. The lowest BCUT2D eigenvalue weighted by Crippen LogP contribution is -2.33. The van der Waals surface area contributed by atoms with Crippen LogP contribution in [0.1, 0.15) is 11.3 Å². The van der Waals surface area contributed by atoms with Crippen LogP contribution in [0.15, 0.2) is 41.2 Å². The Kier molecular flexibility index (Phi) is 4.71. The van der Waals surface area contributed by atoms with Gasteiger partial charge < -0.3 is 10.1 Å². The summed E-state index contributed by atoms with van der Waals surface area (Å²) in [6, 6.07) is 10.4. The molecular formula is C15H17N3O3. The van der Waals surface area contributed by atoms with Crippen molar-refractivity contribution in [2.45, 2.75) is 20.0 Å². The third kappa shape index (κ3) is 3.92. The van der Waals surface area contributed by atoms with Gasteiger partial charge in [0.25, 0.3) is 5.56 Å². The van der Waals surface area contributed by atoms with Gasteiger partial charge in [-0.3, -0.25) is 9.59 Å². The summed E-state index contributed by atoms with van der Waals surface area (Å²) in [7, 11) is 1.58. The molecule has 6 nitrogen and oxygen atoms in total. The third-order valence-corrected chi connectivity index (χ3v) is 2.96. The first-order valence-electron chi connectivity index (χ1n) is 6.53. The Bertz CT molecular complexity index is 695. The average Bonchev–Trinajstić information content (AvgIpc) is 2.49. The number of rotatable bonds is 5. The number of para-hydroxylation sites is 1. The van der Waals surface area contributed by atoms with Gasteiger partial charge in [0.15, 0.2) is 0 Å². The molecule has 1 aromatic carbocycles. The molecule has 1 N–H and O–H groups in total. The number of amides is 1. The van der Waals surface area contributed by atoms with Crippen molar-refractivity contribution in [1.82, 2.24) is 15.1 Å². The van der Waals surface area contributed by atoms with E-state index in [9.17, 15) is 9.59 Å². The number of aromatic nitrogens is 2. The van der Waals surface area contributed by atoms with E-state index in [1.165, 1.54) is 6.07 Å². The minimum absolute atomic E-state index is 0.102. The molecule has 6 heteroatoms. The fourth-order valence-corrected chi connectivity index (χ4v) is 1.90. The van der Waals surface area contributed by atoms with Crippen molar-refractivity contribution < 1.29 is 9.53 Å². The summed E-state index contributed by atoms with van der Waals surface area (Å²) in [5, 5.41) is 6.77. The molecule has 1 heterocycles. The smallest absolute Gasteiger partial charge is 0.267 e. The molecule has 0 bridgehead atoms. The fraction of sp³-hybridized carbons (Fsp3) is 0.267. The summed E-state index contributed by atoms with van der Waals surface area (Å²) < 4.78 is 6.36. The van der Waals surface area contributed by atoms with Crippen molar-refractivity contribution >= 4 is 5.91 Å². The van der Waals surface area contributed by atoms with Gasteiger partial charge in [0.1, 0.15) is 12.3 Å². The van der Waals surface area contributed by atoms with E-state index in [1.807, 2.05) is 24.3 Å². The number of aryl methyl sites for hydroxylation is 1. The van der Waals surface area contributed by atoms with Crippen molar-refractivity contribution in [3.63, 3.8) is 0 Å². The fourth-order valence-electron chi connectivity index (χ4n) is 1.90. The Morgan fingerprint density at radius 1 is 1.29 bits per heavy atom. The first-order valence-corrected chi connectivity index (χ1v) is 6.53. The maximum atomic E-state index is 11.9. The molecule has 0 unspecified atom stereocenters. The van der Waals surface area contributed by atoms with E-state index in [2.05, 4.69) is 10.4 Å². The minimum atomic E-state index is -0.298. The van der Waals surface area contributed by atoms with Gasteiger partial charge in [-0.2, -0.15) is 5.10 Å². The summed E-state index contributed by atoms with van der Waals surface area (Å²) >= 11 is 0. The zero-order valence-electron chi connectivity index (χ0n) is 12.0. The standard InChI is InChI=1S/C15H17N3O3/c1-11-7-8-15(20)18(17-11)10-14(19)16-9-12-5-3-4-6-13(12)21-2/h3-8H,9-10H2,1-2H3,(H,16,19). The SMILES string of the molecule is COc1ccccc1CNC(=O)Cn1nc(C)ccc1=O. The second-order valence-electron chi connectivity index (χ2n) is 4.56. The highest BCUT2D eigenvalue weighted by Crippen LogP contribution is 2.16. The molecule has 0 atom stereocenters. The molecular weight excluding hydrogens is 270 g/mol. The molecule has 0 aliphatic carbocycles. The summed E-state index contributed by atoms with van der Waals surface area (Å²) in [6.45, 7) is 2.00. The topological polar surface area (TPSA) is 73.2 Å². The van der Waals surface area contributed by atoms with Crippen LogP contribution in [-0.2, 0) is 17.9 Å². The van der Waals surface area contributed by atoms with Crippen molar-refractivity contribution in [2.75, 3.05) is 7.11 Å². The van der Waals surface area contributed by atoms with Gasteiger partial charge in [-0.25, -0.2) is 4.68 Å². The third-order valence-electron chi connectivity index (χ3n) is 2.96. The number of benzene rings is 1. The Morgan fingerprint density at radius 2 is 2.05 bits per heavy atom. The van der Waals surface area contributed by atoms with Gasteiger partial charge in [-0.1, -0.05) is 18.2 Å². The molecule has 0 saturated heterocycles. The van der Waals surface area contributed by atoms with E-state index >= 15 is 0 Å². The number of hydrogen-bond acceptors (Lipinski definition) is 4. The van der Waals surface area contributed by atoms with Crippen molar-refractivity contribution in [1.29, 1.82) is 0 Å². The first-order chi connectivity index (χ1) is 10.1. The maximum Gasteiger partial charge on any atom is 0.267 e. The predicted octanol–water partition coefficient (Wildman–Crippen LogP) is 0.877. The number of methoxy groups -OCH3 is 1. The van der Waals surface area contributed by atoms with E-state index < -0.39 is 0 Å². The second kappa shape index (κ2) is 6.69. The summed E-state index contributed by atoms with van der Waals surface area (Å²) in [5.41, 5.74) is 1.26. The Balaban J connectivity index is 1.99. The van der Waals surface area contributed by atoms with Gasteiger partial charge in [-0.15, -0.1) is 0 Å². The molecule has 0 aliphatic heterocycles. The number of nitrogens with one attached hydrogen (secondary N) is 1. The molecule has 0 fully saturated rings. The van der Waals surface area contributed by atoms with Crippen LogP contribution in [0.5, 0.6) is 5.75 Å². The van der Waals surface area contributed by atoms with E-state index in [0.717, 1.165) is 10.2 Å². The lowest BCUT2D eigenvalue weighted by atomic mass is 10.2. The molecule has 2 aromatic rings. The van der Waals surface area contributed by atoms with Gasteiger partial charge >= 0.3 is 0 Å². The number of carbonyl (C=O) groups excluding carboxylic acids is 1. The lowest BCUT2D eigenvalue weighted by molar-refractivity contribution is -0.122. The molecule has 1 aromatic heterocycles. The molecule has 0 spiro atoms. The van der Waals surface area contributed by atoms with Gasteiger partial charge in [0.05, 0.1) is 12.8 Å². The van der Waals surface area contributed by atoms with Crippen LogP contribution in [0.3, 0.4) is 0 Å². The zero-order chi connectivity index (χ0) is 15.2. The molecule has 110 valence electrons. The van der Waals surface area contributed by atoms with Crippen molar-refractivity contribution in [3.05, 3.63) is 58.0 Å². The quantitative estimate of drug-likeness (QED) is 0.886. The van der Waals surface area contributed by atoms with Crippen LogP contribution in [0.2, 0.25) is 0 Å². The number of nitrogens with zero attached hydrogens (tertiary/aromatic N) is 2. The van der Waals surface area contributed by atoms with E-state index in [4.69, 9.17) is 4.74 Å². The predicted molar refractivity (Wildman–Crippen MR) is 78.1 cm³/mol. The highest BCUT2D eigenvalue weighted by molar-refractivity contribution is 5.75. The average molecular weight is 287 g/mol. The van der Waals surface area contributed by atoms with E-state index in [1.54, 1.807) is 20.1 Å². The Hall–Kier alpha value is -2.63. The maximum absolute atomic E-state index is 11.9. The minimum Gasteiger partial charge on any atom is -0.496 e.